The third-order valence-corrected chi connectivity index (χ3v) is 5.60. The molecule has 0 amide bonds. The van der Waals surface area contributed by atoms with Crippen LogP contribution in [0.4, 0.5) is 13.2 Å². The minimum Gasteiger partial charge on any atom is -0.388 e. The van der Waals surface area contributed by atoms with E-state index in [2.05, 4.69) is 0 Å². The van der Waals surface area contributed by atoms with Crippen LogP contribution in [0.25, 0.3) is 0 Å². The van der Waals surface area contributed by atoms with Crippen LogP contribution in [-0.2, 0) is 0 Å². The summed E-state index contributed by atoms with van der Waals surface area (Å²) in [6.45, 7) is 0. The Morgan fingerprint density at radius 3 is 2.56 bits per heavy atom. The van der Waals surface area contributed by atoms with Crippen LogP contribution in [0.5, 0.6) is 0 Å². The van der Waals surface area contributed by atoms with Gasteiger partial charge in [0, 0.05) is 11.8 Å². The summed E-state index contributed by atoms with van der Waals surface area (Å²) >= 11 is 0. The van der Waals surface area contributed by atoms with Crippen molar-refractivity contribution in [3.05, 3.63) is 12.2 Å². The monoisotopic (exact) mass is 230 g/mol. The Labute approximate surface area is 91.3 Å². The van der Waals surface area contributed by atoms with Crippen molar-refractivity contribution >= 4 is 0 Å². The van der Waals surface area contributed by atoms with Gasteiger partial charge >= 0.3 is 6.18 Å². The summed E-state index contributed by atoms with van der Waals surface area (Å²) in [5, 5.41) is 10.4. The van der Waals surface area contributed by atoms with Gasteiger partial charge in [-0.25, -0.2) is 0 Å². The SMILES string of the molecule is O[C@@]12C3C=CC1(C(F)(F)F)C2[C@H]1CCC[C@@H]31. The van der Waals surface area contributed by atoms with E-state index in [4.69, 9.17) is 0 Å². The van der Waals surface area contributed by atoms with E-state index in [0.29, 0.717) is 5.92 Å². The summed E-state index contributed by atoms with van der Waals surface area (Å²) < 4.78 is 39.4. The van der Waals surface area contributed by atoms with Gasteiger partial charge in [-0.3, -0.25) is 0 Å². The molecule has 0 spiro atoms. The Bertz CT molecular complexity index is 402. The van der Waals surface area contributed by atoms with E-state index in [1.54, 1.807) is 6.08 Å². The maximum Gasteiger partial charge on any atom is 0.401 e. The molecule has 16 heavy (non-hydrogen) atoms. The number of hydrogen-bond donors (Lipinski definition) is 1. The molecule has 0 radical (unpaired) electrons. The third-order valence-electron chi connectivity index (χ3n) is 5.60. The smallest absolute Gasteiger partial charge is 0.388 e. The van der Waals surface area contributed by atoms with Gasteiger partial charge in [-0.15, -0.1) is 0 Å². The zero-order valence-corrected chi connectivity index (χ0v) is 8.67. The molecule has 3 unspecified atom stereocenters. The molecule has 0 aliphatic heterocycles. The summed E-state index contributed by atoms with van der Waals surface area (Å²) in [7, 11) is 0. The fourth-order valence-electron chi connectivity index (χ4n) is 5.16. The zero-order valence-electron chi connectivity index (χ0n) is 8.67. The lowest BCUT2D eigenvalue weighted by atomic mass is 9.82. The number of alkyl halides is 3. The van der Waals surface area contributed by atoms with E-state index in [9.17, 15) is 18.3 Å². The van der Waals surface area contributed by atoms with Crippen molar-refractivity contribution in [2.45, 2.75) is 31.0 Å². The number of fused-ring (bicyclic) bond motifs is 4. The Morgan fingerprint density at radius 2 is 1.88 bits per heavy atom. The molecule has 0 aromatic heterocycles. The fourth-order valence-corrected chi connectivity index (χ4v) is 5.16. The zero-order chi connectivity index (χ0) is 11.3. The second kappa shape index (κ2) is 2.22. The van der Waals surface area contributed by atoms with Crippen molar-refractivity contribution in [3.63, 3.8) is 0 Å². The first kappa shape index (κ1) is 9.51. The van der Waals surface area contributed by atoms with Crippen LogP contribution in [-0.4, -0.2) is 16.9 Å². The fraction of sp³-hybridized carbons (Fsp3) is 0.833. The van der Waals surface area contributed by atoms with Gasteiger partial charge < -0.3 is 5.11 Å². The van der Waals surface area contributed by atoms with Crippen LogP contribution < -0.4 is 0 Å². The maximum atomic E-state index is 13.1. The predicted octanol–water partition coefficient (Wildman–Crippen LogP) is 2.51. The van der Waals surface area contributed by atoms with E-state index < -0.39 is 23.1 Å². The van der Waals surface area contributed by atoms with E-state index in [0.717, 1.165) is 19.3 Å². The number of aliphatic hydroxyl groups is 1. The van der Waals surface area contributed by atoms with Crippen molar-refractivity contribution in [2.24, 2.45) is 29.1 Å². The molecule has 6 atom stereocenters. The lowest BCUT2D eigenvalue weighted by Gasteiger charge is -2.26. The molecule has 0 heterocycles. The molecule has 4 rings (SSSR count). The molecule has 0 saturated heterocycles. The molecule has 3 saturated carbocycles. The van der Waals surface area contributed by atoms with Gasteiger partial charge in [0.2, 0.25) is 0 Å². The van der Waals surface area contributed by atoms with E-state index >= 15 is 0 Å². The molecule has 0 aromatic carbocycles. The second-order valence-electron chi connectivity index (χ2n) is 5.81. The normalized spacial score (nSPS) is 61.2. The summed E-state index contributed by atoms with van der Waals surface area (Å²) in [5.74, 6) is -0.357. The Morgan fingerprint density at radius 1 is 1.19 bits per heavy atom. The minimum absolute atomic E-state index is 0.103. The van der Waals surface area contributed by atoms with Crippen LogP contribution >= 0.6 is 0 Å². The molecule has 4 aliphatic carbocycles. The maximum absolute atomic E-state index is 13.1. The van der Waals surface area contributed by atoms with Gasteiger partial charge in [-0.1, -0.05) is 18.6 Å². The largest absolute Gasteiger partial charge is 0.401 e. The van der Waals surface area contributed by atoms with E-state index in [-0.39, 0.29) is 11.8 Å². The Balaban J connectivity index is 1.85. The Kier molecular flexibility index (Phi) is 1.32. The van der Waals surface area contributed by atoms with Gasteiger partial charge in [0.25, 0.3) is 0 Å². The first-order valence-corrected chi connectivity index (χ1v) is 5.93. The topological polar surface area (TPSA) is 20.2 Å². The molecule has 4 heteroatoms. The molecule has 3 fully saturated rings. The first-order valence-electron chi connectivity index (χ1n) is 5.93. The molecule has 88 valence electrons. The second-order valence-corrected chi connectivity index (χ2v) is 5.81. The van der Waals surface area contributed by atoms with Crippen molar-refractivity contribution < 1.29 is 18.3 Å². The average Bonchev–Trinajstić information content (AvgIpc) is 2.55. The number of halogens is 3. The highest BCUT2D eigenvalue weighted by molar-refractivity contribution is 5.47. The van der Waals surface area contributed by atoms with Crippen LogP contribution in [0.2, 0.25) is 0 Å². The average molecular weight is 230 g/mol. The molecular weight excluding hydrogens is 217 g/mol. The number of hydrogen-bond acceptors (Lipinski definition) is 1. The lowest BCUT2D eigenvalue weighted by Crippen LogP contribution is -2.36. The van der Waals surface area contributed by atoms with Crippen LogP contribution in [0.3, 0.4) is 0 Å². The highest BCUT2D eigenvalue weighted by Crippen LogP contribution is 2.85. The summed E-state index contributed by atoms with van der Waals surface area (Å²) in [5.41, 5.74) is -3.35. The molecular formula is C12H13F3O. The summed E-state index contributed by atoms with van der Waals surface area (Å²) in [6, 6.07) is 0. The Hall–Kier alpha value is -0.510. The van der Waals surface area contributed by atoms with Gasteiger partial charge in [-0.2, -0.15) is 13.2 Å². The van der Waals surface area contributed by atoms with Crippen molar-refractivity contribution in [3.8, 4) is 0 Å². The van der Waals surface area contributed by atoms with Crippen molar-refractivity contribution in [1.82, 2.24) is 0 Å². The third kappa shape index (κ3) is 0.637. The van der Waals surface area contributed by atoms with E-state index in [1.165, 1.54) is 6.08 Å². The molecule has 0 bridgehead atoms. The van der Waals surface area contributed by atoms with Gasteiger partial charge in [0.15, 0.2) is 0 Å². The number of rotatable bonds is 0. The standard InChI is InChI=1S/C12H13F3O/c13-12(14,15)10-5-4-8-6-2-1-3-7(6)9(10)11(8,10)16/h4-9,16H,1-3H2/t6-,7+,8?,9?,10?,11-/m1/s1. The van der Waals surface area contributed by atoms with Crippen molar-refractivity contribution in [2.75, 3.05) is 0 Å². The van der Waals surface area contributed by atoms with Gasteiger partial charge in [0.1, 0.15) is 5.41 Å². The van der Waals surface area contributed by atoms with E-state index in [1.807, 2.05) is 0 Å². The molecule has 4 aliphatic rings. The van der Waals surface area contributed by atoms with Crippen LogP contribution in [0.15, 0.2) is 12.2 Å². The first-order chi connectivity index (χ1) is 7.44. The minimum atomic E-state index is -4.29. The summed E-state index contributed by atoms with van der Waals surface area (Å²) in [4.78, 5) is 0. The summed E-state index contributed by atoms with van der Waals surface area (Å²) in [6.07, 6.45) is 1.51. The quantitative estimate of drug-likeness (QED) is 0.634. The predicted molar refractivity (Wildman–Crippen MR) is 50.4 cm³/mol. The van der Waals surface area contributed by atoms with Crippen LogP contribution in [0.1, 0.15) is 19.3 Å². The van der Waals surface area contributed by atoms with Crippen LogP contribution in [0, 0.1) is 29.1 Å². The molecule has 1 N–H and O–H groups in total. The van der Waals surface area contributed by atoms with Crippen molar-refractivity contribution in [1.29, 1.82) is 0 Å². The lowest BCUT2D eigenvalue weighted by molar-refractivity contribution is -0.197. The van der Waals surface area contributed by atoms with Gasteiger partial charge in [-0.05, 0) is 24.7 Å². The molecule has 0 aromatic rings. The molecule has 1 nitrogen and oxygen atoms in total. The highest BCUT2D eigenvalue weighted by Gasteiger charge is 2.94. The highest BCUT2D eigenvalue weighted by atomic mass is 19.4. The van der Waals surface area contributed by atoms with Gasteiger partial charge in [0.05, 0.1) is 5.60 Å².